The van der Waals surface area contributed by atoms with Crippen LogP contribution >= 0.6 is 7.82 Å². The Hall–Kier alpha value is -0.290. The standard InChI is InChI=1S/C12H23O14P/c13-1-3-5(15)6(16)8(18)11(23-3)25-10-4(2-14)24-12(9(19)7(10)17)26-27(20,21)22/h3-19H,1-2H2,(H2,20,21,22)/t3-,4-,5-,6+,7-,8-,9-,10-,11-,12+/m1/s1. The highest BCUT2D eigenvalue weighted by molar-refractivity contribution is 7.46. The predicted molar refractivity (Wildman–Crippen MR) is 79.5 cm³/mol. The molecule has 160 valence electrons. The van der Waals surface area contributed by atoms with Gasteiger partial charge in [0.05, 0.1) is 13.2 Å². The molecule has 2 saturated heterocycles. The van der Waals surface area contributed by atoms with Crippen molar-refractivity contribution in [3.05, 3.63) is 0 Å². The Morgan fingerprint density at radius 3 is 1.78 bits per heavy atom. The van der Waals surface area contributed by atoms with Gasteiger partial charge in [-0.25, -0.2) is 4.57 Å². The molecule has 0 saturated carbocycles. The maximum atomic E-state index is 10.9. The van der Waals surface area contributed by atoms with E-state index in [1.165, 1.54) is 0 Å². The molecule has 0 amide bonds. The van der Waals surface area contributed by atoms with E-state index in [2.05, 4.69) is 4.52 Å². The van der Waals surface area contributed by atoms with Crippen molar-refractivity contribution in [2.24, 2.45) is 0 Å². The quantitative estimate of drug-likeness (QED) is 0.182. The van der Waals surface area contributed by atoms with Crippen LogP contribution in [0.3, 0.4) is 0 Å². The average molecular weight is 422 g/mol. The third kappa shape index (κ3) is 5.20. The van der Waals surface area contributed by atoms with Gasteiger partial charge in [-0.2, -0.15) is 0 Å². The van der Waals surface area contributed by atoms with E-state index in [0.717, 1.165) is 0 Å². The monoisotopic (exact) mass is 422 g/mol. The van der Waals surface area contributed by atoms with Gasteiger partial charge in [0.2, 0.25) is 0 Å². The zero-order chi connectivity index (χ0) is 20.5. The number of hydrogen-bond acceptors (Lipinski definition) is 12. The summed E-state index contributed by atoms with van der Waals surface area (Å²) in [5.41, 5.74) is 0. The molecule has 9 N–H and O–H groups in total. The van der Waals surface area contributed by atoms with E-state index in [0.29, 0.717) is 0 Å². The van der Waals surface area contributed by atoms with Gasteiger partial charge in [0.25, 0.3) is 0 Å². The second-order valence-electron chi connectivity index (χ2n) is 6.10. The summed E-state index contributed by atoms with van der Waals surface area (Å²) in [6.07, 6.45) is -17.3. The first kappa shape index (κ1) is 23.0. The van der Waals surface area contributed by atoms with E-state index < -0.39 is 82.4 Å². The summed E-state index contributed by atoms with van der Waals surface area (Å²) < 4.78 is 30.4. The SMILES string of the molecule is O=P(O)(O)O[C@@H]1O[C@H](CO)[C@@H](O[C@H]2O[C@H](CO)[C@@H](O)[C@H](O)[C@H]2O)[C@H](O)[C@H]1O. The molecular weight excluding hydrogens is 399 g/mol. The van der Waals surface area contributed by atoms with Crippen LogP contribution in [0, 0.1) is 0 Å². The lowest BCUT2D eigenvalue weighted by atomic mass is 9.97. The van der Waals surface area contributed by atoms with Gasteiger partial charge in [0.15, 0.2) is 12.6 Å². The van der Waals surface area contributed by atoms with Gasteiger partial charge in [-0.15, -0.1) is 0 Å². The van der Waals surface area contributed by atoms with Crippen molar-refractivity contribution in [1.82, 2.24) is 0 Å². The number of rotatable bonds is 6. The van der Waals surface area contributed by atoms with E-state index in [1.807, 2.05) is 0 Å². The molecule has 15 heteroatoms. The summed E-state index contributed by atoms with van der Waals surface area (Å²) in [6, 6.07) is 0. The average Bonchev–Trinajstić information content (AvgIpc) is 2.60. The van der Waals surface area contributed by atoms with Crippen molar-refractivity contribution in [3.8, 4) is 0 Å². The molecule has 0 aromatic heterocycles. The van der Waals surface area contributed by atoms with Crippen LogP contribution in [0.5, 0.6) is 0 Å². The minimum Gasteiger partial charge on any atom is -0.394 e. The molecular formula is C12H23O14P. The molecule has 2 heterocycles. The summed E-state index contributed by atoms with van der Waals surface area (Å²) in [4.78, 5) is 17.6. The number of phosphoric acid groups is 1. The fraction of sp³-hybridized carbons (Fsp3) is 1.00. The van der Waals surface area contributed by atoms with Crippen LogP contribution in [-0.2, 0) is 23.3 Å². The Balaban J connectivity index is 2.14. The Kier molecular flexibility index (Phi) is 7.68. The third-order valence-electron chi connectivity index (χ3n) is 4.20. The first-order chi connectivity index (χ1) is 12.5. The van der Waals surface area contributed by atoms with Crippen LogP contribution < -0.4 is 0 Å². The maximum Gasteiger partial charge on any atom is 0.472 e. The zero-order valence-electron chi connectivity index (χ0n) is 13.7. The Labute approximate surface area is 152 Å². The van der Waals surface area contributed by atoms with E-state index in [-0.39, 0.29) is 0 Å². The number of aliphatic hydroxyl groups excluding tert-OH is 7. The molecule has 27 heavy (non-hydrogen) atoms. The lowest BCUT2D eigenvalue weighted by molar-refractivity contribution is -0.353. The van der Waals surface area contributed by atoms with Crippen molar-refractivity contribution in [2.75, 3.05) is 13.2 Å². The van der Waals surface area contributed by atoms with Crippen molar-refractivity contribution in [1.29, 1.82) is 0 Å². The molecule has 0 spiro atoms. The second-order valence-corrected chi connectivity index (χ2v) is 7.29. The molecule has 0 aromatic rings. The fourth-order valence-electron chi connectivity index (χ4n) is 2.78. The van der Waals surface area contributed by atoms with Gasteiger partial charge in [-0.1, -0.05) is 0 Å². The van der Waals surface area contributed by atoms with Crippen LogP contribution in [0.1, 0.15) is 0 Å². The largest absolute Gasteiger partial charge is 0.472 e. The van der Waals surface area contributed by atoms with E-state index in [9.17, 15) is 35.2 Å². The van der Waals surface area contributed by atoms with Gasteiger partial charge in [-0.3, -0.25) is 4.52 Å². The lowest BCUT2D eigenvalue weighted by Gasteiger charge is -2.45. The van der Waals surface area contributed by atoms with Gasteiger partial charge < -0.3 is 59.7 Å². The highest BCUT2D eigenvalue weighted by atomic mass is 31.2. The van der Waals surface area contributed by atoms with E-state index >= 15 is 0 Å². The minimum absolute atomic E-state index is 0.737. The Morgan fingerprint density at radius 2 is 1.26 bits per heavy atom. The number of phosphoric ester groups is 1. The molecule has 2 aliphatic heterocycles. The first-order valence-electron chi connectivity index (χ1n) is 7.82. The van der Waals surface area contributed by atoms with Crippen LogP contribution in [0.2, 0.25) is 0 Å². The van der Waals surface area contributed by atoms with Gasteiger partial charge >= 0.3 is 7.82 Å². The minimum atomic E-state index is -5.10. The van der Waals surface area contributed by atoms with Crippen molar-refractivity contribution >= 4 is 7.82 Å². The molecule has 0 aromatic carbocycles. The molecule has 14 nitrogen and oxygen atoms in total. The number of aliphatic hydroxyl groups is 7. The summed E-state index contributed by atoms with van der Waals surface area (Å²) in [5, 5.41) is 68.0. The highest BCUT2D eigenvalue weighted by Gasteiger charge is 2.51. The van der Waals surface area contributed by atoms with Gasteiger partial charge in [-0.05, 0) is 0 Å². The lowest BCUT2D eigenvalue weighted by Crippen LogP contribution is -2.64. The normalized spacial score (nSPS) is 46.4. The zero-order valence-corrected chi connectivity index (χ0v) is 14.6. The van der Waals surface area contributed by atoms with E-state index in [4.69, 9.17) is 29.1 Å². The van der Waals surface area contributed by atoms with E-state index in [1.54, 1.807) is 0 Å². The molecule has 2 aliphatic rings. The van der Waals surface area contributed by atoms with Crippen LogP contribution in [-0.4, -0.2) is 120 Å². The predicted octanol–water partition coefficient (Wildman–Crippen LogP) is -5.28. The maximum absolute atomic E-state index is 10.9. The van der Waals surface area contributed by atoms with Crippen LogP contribution in [0.25, 0.3) is 0 Å². The summed E-state index contributed by atoms with van der Waals surface area (Å²) in [7, 11) is -5.10. The topological polar surface area (TPSA) is 236 Å². The molecule has 2 rings (SSSR count). The number of ether oxygens (including phenoxy) is 3. The van der Waals surface area contributed by atoms with Crippen molar-refractivity contribution in [3.63, 3.8) is 0 Å². The molecule has 0 bridgehead atoms. The smallest absolute Gasteiger partial charge is 0.394 e. The molecule has 0 unspecified atom stereocenters. The van der Waals surface area contributed by atoms with Crippen molar-refractivity contribution < 1.29 is 68.8 Å². The second kappa shape index (κ2) is 9.02. The third-order valence-corrected chi connectivity index (χ3v) is 4.68. The summed E-state index contributed by atoms with van der Waals surface area (Å²) >= 11 is 0. The molecule has 0 radical (unpaired) electrons. The van der Waals surface area contributed by atoms with Crippen molar-refractivity contribution in [2.45, 2.75) is 61.4 Å². The fourth-order valence-corrected chi connectivity index (χ4v) is 3.22. The first-order valence-corrected chi connectivity index (χ1v) is 9.35. The Morgan fingerprint density at radius 1 is 0.741 bits per heavy atom. The molecule has 0 aliphatic carbocycles. The summed E-state index contributed by atoms with van der Waals surface area (Å²) in [5.74, 6) is 0. The Bertz CT molecular complexity index is 524. The van der Waals surface area contributed by atoms with Gasteiger partial charge in [0.1, 0.15) is 48.8 Å². The molecule has 10 atom stereocenters. The highest BCUT2D eigenvalue weighted by Crippen LogP contribution is 2.41. The summed E-state index contributed by atoms with van der Waals surface area (Å²) in [6.45, 7) is -1.59. The van der Waals surface area contributed by atoms with Crippen LogP contribution in [0.4, 0.5) is 0 Å². The number of hydrogen-bond donors (Lipinski definition) is 9. The van der Waals surface area contributed by atoms with Gasteiger partial charge in [0, 0.05) is 0 Å². The van der Waals surface area contributed by atoms with Crippen LogP contribution in [0.15, 0.2) is 0 Å². The molecule has 2 fully saturated rings.